The van der Waals surface area contributed by atoms with Gasteiger partial charge in [-0.15, -0.1) is 0 Å². The fourth-order valence-corrected chi connectivity index (χ4v) is 2.80. The third-order valence-electron chi connectivity index (χ3n) is 3.89. The van der Waals surface area contributed by atoms with Gasteiger partial charge in [0.05, 0.1) is 6.04 Å². The van der Waals surface area contributed by atoms with E-state index in [1.54, 1.807) is 0 Å². The number of halogens is 1. The second-order valence-corrected chi connectivity index (χ2v) is 5.40. The van der Waals surface area contributed by atoms with Crippen LogP contribution in [0.25, 0.3) is 0 Å². The molecule has 1 saturated heterocycles. The molecular weight excluding hydrogens is 269 g/mol. The van der Waals surface area contributed by atoms with Gasteiger partial charge in [-0.25, -0.2) is 9.18 Å². The highest BCUT2D eigenvalue weighted by Gasteiger charge is 2.52. The second-order valence-electron chi connectivity index (χ2n) is 5.40. The van der Waals surface area contributed by atoms with Crippen LogP contribution in [0.5, 0.6) is 0 Å². The number of benzene rings is 2. The Kier molecular flexibility index (Phi) is 3.47. The summed E-state index contributed by atoms with van der Waals surface area (Å²) in [5.41, 5.74) is -0.0470. The van der Waals surface area contributed by atoms with E-state index in [1.165, 1.54) is 0 Å². The summed E-state index contributed by atoms with van der Waals surface area (Å²) in [6.07, 6.45) is 0. The van der Waals surface area contributed by atoms with Crippen molar-refractivity contribution >= 4 is 5.97 Å². The summed E-state index contributed by atoms with van der Waals surface area (Å²) < 4.78 is 14.0. The Morgan fingerprint density at radius 2 is 1.43 bits per heavy atom. The Labute approximate surface area is 122 Å². The molecule has 0 aliphatic carbocycles. The van der Waals surface area contributed by atoms with Crippen molar-refractivity contribution in [2.75, 3.05) is 13.1 Å². The zero-order valence-electron chi connectivity index (χ0n) is 11.4. The van der Waals surface area contributed by atoms with E-state index in [0.29, 0.717) is 0 Å². The normalized spacial score (nSPS) is 17.4. The van der Waals surface area contributed by atoms with Gasteiger partial charge in [0, 0.05) is 13.1 Å². The molecule has 4 heteroatoms. The molecule has 0 aromatic heterocycles. The van der Waals surface area contributed by atoms with Crippen LogP contribution in [0.1, 0.15) is 17.2 Å². The van der Waals surface area contributed by atoms with Crippen LogP contribution in [-0.2, 0) is 4.79 Å². The molecule has 1 aliphatic heterocycles. The first kappa shape index (κ1) is 13.8. The van der Waals surface area contributed by atoms with Crippen LogP contribution in [0, 0.1) is 0 Å². The summed E-state index contributed by atoms with van der Waals surface area (Å²) in [6, 6.07) is 19.4. The lowest BCUT2D eigenvalue weighted by Crippen LogP contribution is -2.64. The van der Waals surface area contributed by atoms with E-state index in [0.717, 1.165) is 11.1 Å². The largest absolute Gasteiger partial charge is 0.479 e. The van der Waals surface area contributed by atoms with Crippen LogP contribution in [-0.4, -0.2) is 34.7 Å². The van der Waals surface area contributed by atoms with Crippen molar-refractivity contribution in [3.63, 3.8) is 0 Å². The van der Waals surface area contributed by atoms with E-state index in [9.17, 15) is 9.18 Å². The molecule has 0 radical (unpaired) electrons. The average Bonchev–Trinajstić information content (AvgIpc) is 2.47. The number of alkyl halides is 1. The van der Waals surface area contributed by atoms with Crippen molar-refractivity contribution in [3.05, 3.63) is 71.8 Å². The maximum absolute atomic E-state index is 14.0. The van der Waals surface area contributed by atoms with Crippen molar-refractivity contribution in [3.8, 4) is 0 Å². The van der Waals surface area contributed by atoms with Crippen LogP contribution in [0.3, 0.4) is 0 Å². The van der Waals surface area contributed by atoms with Gasteiger partial charge >= 0.3 is 5.97 Å². The predicted octanol–water partition coefficient (Wildman–Crippen LogP) is 2.88. The Hall–Kier alpha value is -2.20. The minimum absolute atomic E-state index is 0.0865. The lowest BCUT2D eigenvalue weighted by atomic mass is 9.88. The van der Waals surface area contributed by atoms with Gasteiger partial charge in [0.2, 0.25) is 5.67 Å². The van der Waals surface area contributed by atoms with E-state index < -0.39 is 11.6 Å². The minimum atomic E-state index is -2.12. The van der Waals surface area contributed by atoms with Crippen LogP contribution < -0.4 is 0 Å². The van der Waals surface area contributed by atoms with Crippen molar-refractivity contribution < 1.29 is 14.3 Å². The monoisotopic (exact) mass is 285 g/mol. The highest BCUT2D eigenvalue weighted by atomic mass is 19.1. The van der Waals surface area contributed by atoms with E-state index in [-0.39, 0.29) is 19.1 Å². The zero-order valence-corrected chi connectivity index (χ0v) is 11.4. The van der Waals surface area contributed by atoms with Crippen molar-refractivity contribution in [2.24, 2.45) is 0 Å². The van der Waals surface area contributed by atoms with Crippen LogP contribution in [0.2, 0.25) is 0 Å². The molecule has 2 aromatic carbocycles. The van der Waals surface area contributed by atoms with E-state index in [1.807, 2.05) is 65.6 Å². The molecule has 0 amide bonds. The van der Waals surface area contributed by atoms with E-state index in [4.69, 9.17) is 5.11 Å². The van der Waals surface area contributed by atoms with Crippen LogP contribution in [0.15, 0.2) is 60.7 Å². The first-order valence-electron chi connectivity index (χ1n) is 6.86. The number of carbonyl (C=O) groups is 1. The van der Waals surface area contributed by atoms with Gasteiger partial charge in [0.25, 0.3) is 0 Å². The predicted molar refractivity (Wildman–Crippen MR) is 77.8 cm³/mol. The lowest BCUT2D eigenvalue weighted by Gasteiger charge is -2.46. The summed E-state index contributed by atoms with van der Waals surface area (Å²) in [4.78, 5) is 12.8. The summed E-state index contributed by atoms with van der Waals surface area (Å²) in [7, 11) is 0. The number of rotatable bonds is 4. The molecule has 0 atom stereocenters. The van der Waals surface area contributed by atoms with Crippen molar-refractivity contribution in [1.82, 2.24) is 4.90 Å². The van der Waals surface area contributed by atoms with Gasteiger partial charge in [-0.05, 0) is 11.1 Å². The number of hydrogen-bond acceptors (Lipinski definition) is 2. The lowest BCUT2D eigenvalue weighted by molar-refractivity contribution is -0.165. The molecule has 1 aliphatic rings. The molecule has 21 heavy (non-hydrogen) atoms. The zero-order chi connectivity index (χ0) is 14.9. The maximum atomic E-state index is 14.0. The highest BCUT2D eigenvalue weighted by Crippen LogP contribution is 2.37. The van der Waals surface area contributed by atoms with Gasteiger partial charge in [0.15, 0.2) is 0 Å². The fourth-order valence-electron chi connectivity index (χ4n) is 2.80. The smallest absolute Gasteiger partial charge is 0.344 e. The molecule has 0 unspecified atom stereocenters. The van der Waals surface area contributed by atoms with Gasteiger partial charge in [0.1, 0.15) is 0 Å². The van der Waals surface area contributed by atoms with Crippen LogP contribution in [0.4, 0.5) is 4.39 Å². The molecular formula is C17H16FNO2. The SMILES string of the molecule is O=C(O)C1(F)CN(C(c2ccccc2)c2ccccc2)C1. The Morgan fingerprint density at radius 3 is 1.81 bits per heavy atom. The summed E-state index contributed by atoms with van der Waals surface area (Å²) >= 11 is 0. The molecule has 108 valence electrons. The topological polar surface area (TPSA) is 40.5 Å². The number of aliphatic carboxylic acids is 1. The Balaban J connectivity index is 1.91. The van der Waals surface area contributed by atoms with E-state index >= 15 is 0 Å². The average molecular weight is 285 g/mol. The molecule has 2 aromatic rings. The molecule has 0 bridgehead atoms. The highest BCUT2D eigenvalue weighted by molar-refractivity contribution is 5.79. The van der Waals surface area contributed by atoms with Crippen molar-refractivity contribution in [2.45, 2.75) is 11.7 Å². The third-order valence-corrected chi connectivity index (χ3v) is 3.89. The Morgan fingerprint density at radius 1 is 1.00 bits per heavy atom. The number of carboxylic acids is 1. The fraction of sp³-hybridized carbons (Fsp3) is 0.235. The number of carboxylic acid groups (broad SMARTS) is 1. The van der Waals surface area contributed by atoms with Gasteiger partial charge in [-0.1, -0.05) is 60.7 Å². The minimum Gasteiger partial charge on any atom is -0.479 e. The molecule has 0 saturated carbocycles. The Bertz CT molecular complexity index is 584. The molecule has 1 N–H and O–H groups in total. The number of hydrogen-bond donors (Lipinski definition) is 1. The van der Waals surface area contributed by atoms with Gasteiger partial charge in [-0.2, -0.15) is 0 Å². The maximum Gasteiger partial charge on any atom is 0.344 e. The molecule has 1 fully saturated rings. The quantitative estimate of drug-likeness (QED) is 0.939. The van der Waals surface area contributed by atoms with Gasteiger partial charge < -0.3 is 5.11 Å². The van der Waals surface area contributed by atoms with Crippen LogP contribution >= 0.6 is 0 Å². The summed E-state index contributed by atoms with van der Waals surface area (Å²) in [5.74, 6) is -1.38. The van der Waals surface area contributed by atoms with E-state index in [2.05, 4.69) is 0 Å². The molecule has 1 heterocycles. The summed E-state index contributed by atoms with van der Waals surface area (Å²) in [5, 5.41) is 8.93. The third kappa shape index (κ3) is 2.54. The van der Waals surface area contributed by atoms with Crippen molar-refractivity contribution in [1.29, 1.82) is 0 Å². The molecule has 3 rings (SSSR count). The first-order valence-corrected chi connectivity index (χ1v) is 6.86. The summed E-state index contributed by atoms with van der Waals surface area (Å²) in [6.45, 7) is -0.173. The standard InChI is InChI=1S/C17H16FNO2/c18-17(16(20)21)11-19(12-17)15(13-7-3-1-4-8-13)14-9-5-2-6-10-14/h1-10,15H,11-12H2,(H,20,21). The number of nitrogens with zero attached hydrogens (tertiary/aromatic N) is 1. The second kappa shape index (κ2) is 5.30. The van der Waals surface area contributed by atoms with Gasteiger partial charge in [-0.3, -0.25) is 4.90 Å². The molecule has 3 nitrogen and oxygen atoms in total. The first-order chi connectivity index (χ1) is 10.1. The molecule has 0 spiro atoms. The number of likely N-dealkylation sites (tertiary alicyclic amines) is 1.